The molecule has 0 saturated carbocycles. The van der Waals surface area contributed by atoms with E-state index in [1.165, 1.54) is 0 Å². The molecule has 3 aromatic rings. The molecule has 0 fully saturated rings. The predicted molar refractivity (Wildman–Crippen MR) is 113 cm³/mol. The lowest BCUT2D eigenvalue weighted by Gasteiger charge is -2.12. The van der Waals surface area contributed by atoms with Crippen molar-refractivity contribution in [1.82, 2.24) is 0 Å². The largest absolute Gasteiger partial charge is 0.497 e. The second-order valence-corrected chi connectivity index (χ2v) is 7.88. The number of methoxy groups -OCH3 is 1. The van der Waals surface area contributed by atoms with Crippen LogP contribution in [0, 0.1) is 11.2 Å². The monoisotopic (exact) mass is 396 g/mol. The van der Waals surface area contributed by atoms with Gasteiger partial charge in [0, 0.05) is 14.8 Å². The highest BCUT2D eigenvalue weighted by Crippen LogP contribution is 2.36. The van der Waals surface area contributed by atoms with Crippen LogP contribution in [0.3, 0.4) is 0 Å². The standard InChI is InChI=1S/C22H17ClOS2/c1-24-19-11-7-17(8-12-19)22(26-21-13-9-18(23)10-14-21)15-16-25-20-5-3-2-4-6-20/h2-14,22H,1H3. The summed E-state index contributed by atoms with van der Waals surface area (Å²) < 4.78 is 5.26. The molecule has 3 rings (SSSR count). The van der Waals surface area contributed by atoms with E-state index >= 15 is 0 Å². The third-order valence-corrected chi connectivity index (χ3v) is 5.74. The maximum absolute atomic E-state index is 6.00. The van der Waals surface area contributed by atoms with Crippen molar-refractivity contribution in [2.24, 2.45) is 0 Å². The van der Waals surface area contributed by atoms with E-state index in [2.05, 4.69) is 35.4 Å². The molecule has 3 aromatic carbocycles. The lowest BCUT2D eigenvalue weighted by molar-refractivity contribution is 0.414. The van der Waals surface area contributed by atoms with Gasteiger partial charge in [-0.3, -0.25) is 0 Å². The maximum Gasteiger partial charge on any atom is 0.118 e. The van der Waals surface area contributed by atoms with Crippen LogP contribution in [-0.2, 0) is 0 Å². The van der Waals surface area contributed by atoms with Crippen molar-refractivity contribution in [3.63, 3.8) is 0 Å². The summed E-state index contributed by atoms with van der Waals surface area (Å²) in [7, 11) is 1.67. The molecule has 4 heteroatoms. The summed E-state index contributed by atoms with van der Waals surface area (Å²) in [5.41, 5.74) is 1.15. The Morgan fingerprint density at radius 3 is 2.19 bits per heavy atom. The molecule has 0 aromatic heterocycles. The first-order valence-corrected chi connectivity index (χ1v) is 10.1. The zero-order valence-electron chi connectivity index (χ0n) is 14.2. The van der Waals surface area contributed by atoms with E-state index < -0.39 is 0 Å². The van der Waals surface area contributed by atoms with Crippen LogP contribution in [-0.4, -0.2) is 7.11 Å². The van der Waals surface area contributed by atoms with E-state index in [1.54, 1.807) is 30.6 Å². The minimum atomic E-state index is 0.0262. The van der Waals surface area contributed by atoms with Gasteiger partial charge in [0.05, 0.1) is 12.4 Å². The Morgan fingerprint density at radius 1 is 0.846 bits per heavy atom. The lowest BCUT2D eigenvalue weighted by atomic mass is 10.1. The van der Waals surface area contributed by atoms with Crippen LogP contribution >= 0.6 is 35.1 Å². The van der Waals surface area contributed by atoms with Gasteiger partial charge in [-0.2, -0.15) is 0 Å². The van der Waals surface area contributed by atoms with Crippen molar-refractivity contribution >= 4 is 35.1 Å². The van der Waals surface area contributed by atoms with Crippen molar-refractivity contribution in [2.45, 2.75) is 15.0 Å². The van der Waals surface area contributed by atoms with Gasteiger partial charge in [0.15, 0.2) is 0 Å². The van der Waals surface area contributed by atoms with Crippen LogP contribution in [0.4, 0.5) is 0 Å². The molecule has 0 radical (unpaired) electrons. The summed E-state index contributed by atoms with van der Waals surface area (Å²) in [6, 6.07) is 26.1. The number of halogens is 1. The van der Waals surface area contributed by atoms with Gasteiger partial charge < -0.3 is 4.74 Å². The van der Waals surface area contributed by atoms with Crippen molar-refractivity contribution in [3.8, 4) is 16.9 Å². The third-order valence-electron chi connectivity index (χ3n) is 3.59. The van der Waals surface area contributed by atoms with E-state index in [1.807, 2.05) is 54.6 Å². The summed E-state index contributed by atoms with van der Waals surface area (Å²) >= 11 is 9.25. The molecular weight excluding hydrogens is 380 g/mol. The normalized spacial score (nSPS) is 11.3. The minimum absolute atomic E-state index is 0.0262. The molecule has 0 N–H and O–H groups in total. The summed E-state index contributed by atoms with van der Waals surface area (Å²) in [4.78, 5) is 2.28. The number of benzene rings is 3. The van der Waals surface area contributed by atoms with Crippen LogP contribution in [0.1, 0.15) is 10.8 Å². The van der Waals surface area contributed by atoms with Crippen molar-refractivity contribution in [3.05, 3.63) is 89.4 Å². The number of hydrogen-bond acceptors (Lipinski definition) is 3. The van der Waals surface area contributed by atoms with Crippen LogP contribution < -0.4 is 4.74 Å². The number of hydrogen-bond donors (Lipinski definition) is 0. The van der Waals surface area contributed by atoms with Crippen molar-refractivity contribution < 1.29 is 4.74 Å². The zero-order chi connectivity index (χ0) is 18.2. The Morgan fingerprint density at radius 2 is 1.54 bits per heavy atom. The second kappa shape index (κ2) is 9.64. The molecule has 0 aliphatic carbocycles. The highest BCUT2D eigenvalue weighted by molar-refractivity contribution is 8.04. The highest BCUT2D eigenvalue weighted by Gasteiger charge is 2.11. The number of rotatable bonds is 5. The average molecular weight is 397 g/mol. The first kappa shape index (κ1) is 18.8. The Bertz CT molecular complexity index is 881. The Hall–Kier alpha value is -1.99. The van der Waals surface area contributed by atoms with E-state index in [0.29, 0.717) is 0 Å². The third kappa shape index (κ3) is 5.51. The van der Waals surface area contributed by atoms with Crippen LogP contribution in [0.5, 0.6) is 5.75 Å². The quantitative estimate of drug-likeness (QED) is 0.341. The van der Waals surface area contributed by atoms with Gasteiger partial charge >= 0.3 is 0 Å². The number of thioether (sulfide) groups is 2. The molecule has 1 atom stereocenters. The minimum Gasteiger partial charge on any atom is -0.497 e. The SMILES string of the molecule is COc1ccc(C(C#CSc2ccccc2)Sc2ccc(Cl)cc2)cc1. The fraction of sp³-hybridized carbons (Fsp3) is 0.0909. The topological polar surface area (TPSA) is 9.23 Å². The van der Waals surface area contributed by atoms with E-state index in [-0.39, 0.29) is 5.25 Å². The fourth-order valence-electron chi connectivity index (χ4n) is 2.24. The van der Waals surface area contributed by atoms with Crippen molar-refractivity contribution in [1.29, 1.82) is 0 Å². The predicted octanol–water partition coefficient (Wildman–Crippen LogP) is 6.94. The summed E-state index contributed by atoms with van der Waals surface area (Å²) in [6.45, 7) is 0. The first-order chi connectivity index (χ1) is 12.7. The Labute approximate surface area is 168 Å². The van der Waals surface area contributed by atoms with Gasteiger partial charge in [-0.15, -0.1) is 11.8 Å². The first-order valence-electron chi connectivity index (χ1n) is 8.03. The van der Waals surface area contributed by atoms with Crippen LogP contribution in [0.15, 0.2) is 88.7 Å². The fourth-order valence-corrected chi connectivity index (χ4v) is 4.00. The highest BCUT2D eigenvalue weighted by atomic mass is 35.5. The molecule has 1 unspecified atom stereocenters. The van der Waals surface area contributed by atoms with Gasteiger partial charge in [-0.1, -0.05) is 47.9 Å². The number of ether oxygens (including phenoxy) is 1. The summed E-state index contributed by atoms with van der Waals surface area (Å²) in [6.07, 6.45) is 0. The average Bonchev–Trinajstić information content (AvgIpc) is 2.70. The molecule has 26 heavy (non-hydrogen) atoms. The van der Waals surface area contributed by atoms with E-state index in [9.17, 15) is 0 Å². The molecule has 0 heterocycles. The molecule has 0 aliphatic heterocycles. The molecule has 0 amide bonds. The molecular formula is C22H17ClOS2. The van der Waals surface area contributed by atoms with Crippen molar-refractivity contribution in [2.75, 3.05) is 7.11 Å². The van der Waals surface area contributed by atoms with E-state index in [4.69, 9.17) is 16.3 Å². The molecule has 130 valence electrons. The van der Waals surface area contributed by atoms with Gasteiger partial charge in [-0.25, -0.2) is 0 Å². The Kier molecular flexibility index (Phi) is 6.96. The van der Waals surface area contributed by atoms with Gasteiger partial charge in [-0.05, 0) is 71.1 Å². The van der Waals surface area contributed by atoms with Gasteiger partial charge in [0.1, 0.15) is 5.75 Å². The van der Waals surface area contributed by atoms with Crippen LogP contribution in [0.2, 0.25) is 5.02 Å². The van der Waals surface area contributed by atoms with E-state index in [0.717, 1.165) is 26.1 Å². The smallest absolute Gasteiger partial charge is 0.118 e. The van der Waals surface area contributed by atoms with Crippen LogP contribution in [0.25, 0.3) is 0 Å². The maximum atomic E-state index is 6.00. The summed E-state index contributed by atoms with van der Waals surface area (Å²) in [5.74, 6) is 4.23. The zero-order valence-corrected chi connectivity index (χ0v) is 16.6. The Balaban J connectivity index is 1.81. The van der Waals surface area contributed by atoms with Gasteiger partial charge in [0.2, 0.25) is 0 Å². The summed E-state index contributed by atoms with van der Waals surface area (Å²) in [5, 5.41) is 4.01. The second-order valence-electron chi connectivity index (χ2n) is 5.39. The molecule has 0 spiro atoms. The lowest BCUT2D eigenvalue weighted by Crippen LogP contribution is -1.92. The molecule has 0 bridgehead atoms. The molecule has 0 aliphatic rings. The molecule has 0 saturated heterocycles. The molecule has 1 nitrogen and oxygen atoms in total. The van der Waals surface area contributed by atoms with Gasteiger partial charge in [0.25, 0.3) is 0 Å².